The van der Waals surface area contributed by atoms with E-state index in [1.807, 2.05) is 0 Å². The second-order valence-electron chi connectivity index (χ2n) is 3.00. The molecule has 0 aliphatic rings. The van der Waals surface area contributed by atoms with Gasteiger partial charge in [0.05, 0.1) is 11.4 Å². The van der Waals surface area contributed by atoms with Gasteiger partial charge in [-0.3, -0.25) is 9.79 Å². The predicted molar refractivity (Wildman–Crippen MR) is 54.9 cm³/mol. The lowest BCUT2D eigenvalue weighted by molar-refractivity contribution is -0.167. The van der Waals surface area contributed by atoms with E-state index < -0.39 is 17.9 Å². The molecule has 0 saturated heterocycles. The second kappa shape index (κ2) is 4.94. The Bertz CT molecular complexity index is 454. The highest BCUT2D eigenvalue weighted by Crippen LogP contribution is 2.27. The van der Waals surface area contributed by atoms with E-state index >= 15 is 0 Å². The van der Waals surface area contributed by atoms with E-state index in [1.165, 1.54) is 13.1 Å². The molecule has 0 aliphatic heterocycles. The summed E-state index contributed by atoms with van der Waals surface area (Å²) in [4.78, 5) is 14.3. The van der Waals surface area contributed by atoms with Crippen molar-refractivity contribution in [2.75, 3.05) is 5.32 Å². The van der Waals surface area contributed by atoms with Gasteiger partial charge in [-0.1, -0.05) is 0 Å². The van der Waals surface area contributed by atoms with Crippen LogP contribution in [0.3, 0.4) is 0 Å². The highest BCUT2D eigenvalue weighted by molar-refractivity contribution is 5.97. The van der Waals surface area contributed by atoms with E-state index in [0.29, 0.717) is 0 Å². The zero-order chi connectivity index (χ0) is 13.1. The van der Waals surface area contributed by atoms with Gasteiger partial charge in [0.25, 0.3) is 0 Å². The van der Waals surface area contributed by atoms with Crippen LogP contribution in [-0.2, 0) is 4.79 Å². The van der Waals surface area contributed by atoms with Crippen LogP contribution in [0.4, 0.5) is 28.9 Å². The van der Waals surface area contributed by atoms with E-state index in [2.05, 4.69) is 4.99 Å². The van der Waals surface area contributed by atoms with E-state index in [4.69, 9.17) is 0 Å². The van der Waals surface area contributed by atoms with Crippen molar-refractivity contribution in [3.8, 4) is 0 Å². The number of anilines is 1. The van der Waals surface area contributed by atoms with Gasteiger partial charge in [-0.25, -0.2) is 4.39 Å². The van der Waals surface area contributed by atoms with Gasteiger partial charge in [-0.2, -0.15) is 13.2 Å². The quantitative estimate of drug-likeness (QED) is 0.634. The van der Waals surface area contributed by atoms with Gasteiger partial charge in [0.2, 0.25) is 0 Å². The molecule has 0 aromatic heterocycles. The third-order valence-electron chi connectivity index (χ3n) is 1.73. The van der Waals surface area contributed by atoms with Crippen LogP contribution < -0.4 is 5.32 Å². The molecule has 0 atom stereocenters. The monoisotopic (exact) mass is 248 g/mol. The molecule has 1 aromatic rings. The number of alkyl halides is 3. The van der Waals surface area contributed by atoms with Crippen LogP contribution in [0.1, 0.15) is 6.92 Å². The van der Waals surface area contributed by atoms with Crippen molar-refractivity contribution in [1.82, 2.24) is 0 Å². The molecular formula is C10H8F4N2O. The van der Waals surface area contributed by atoms with Crippen LogP contribution >= 0.6 is 0 Å². The molecule has 0 heterocycles. The molecule has 0 aliphatic carbocycles. The van der Waals surface area contributed by atoms with Crippen LogP contribution in [0.2, 0.25) is 0 Å². The van der Waals surface area contributed by atoms with Crippen LogP contribution in [0.15, 0.2) is 23.2 Å². The highest BCUT2D eigenvalue weighted by atomic mass is 19.4. The molecule has 3 nitrogen and oxygen atoms in total. The number of hydrogen-bond donors (Lipinski definition) is 1. The Kier molecular flexibility index (Phi) is 3.82. The average molecular weight is 248 g/mol. The molecular weight excluding hydrogens is 240 g/mol. The first-order valence-electron chi connectivity index (χ1n) is 4.51. The molecule has 17 heavy (non-hydrogen) atoms. The minimum Gasteiger partial charge on any atom is -0.316 e. The maximum atomic E-state index is 12.8. The zero-order valence-corrected chi connectivity index (χ0v) is 8.68. The second-order valence-corrected chi connectivity index (χ2v) is 3.00. The van der Waals surface area contributed by atoms with Gasteiger partial charge < -0.3 is 5.32 Å². The van der Waals surface area contributed by atoms with Crippen molar-refractivity contribution < 1.29 is 22.4 Å². The van der Waals surface area contributed by atoms with Crippen LogP contribution in [0.5, 0.6) is 0 Å². The molecule has 0 fully saturated rings. The Labute approximate surface area is 94.2 Å². The van der Waals surface area contributed by atoms with Crippen molar-refractivity contribution in [2.45, 2.75) is 13.1 Å². The van der Waals surface area contributed by atoms with Gasteiger partial charge in [0.1, 0.15) is 5.82 Å². The minimum atomic E-state index is -5.00. The standard InChI is InChI=1S/C10H8F4N2O/c1-2-15-8-5-6(11)3-4-7(8)16-9(17)10(12,13)14/h2-5H,1H3,(H,16,17). The fraction of sp³-hybridized carbons (Fsp3) is 0.200. The number of aliphatic imine (C=N–C) groups is 1. The first kappa shape index (κ1) is 13.1. The topological polar surface area (TPSA) is 41.5 Å². The molecule has 7 heteroatoms. The molecule has 1 rings (SSSR count). The van der Waals surface area contributed by atoms with Crippen LogP contribution in [0.25, 0.3) is 0 Å². The van der Waals surface area contributed by atoms with E-state index in [-0.39, 0.29) is 11.4 Å². The van der Waals surface area contributed by atoms with Crippen molar-refractivity contribution in [3.63, 3.8) is 0 Å². The maximum Gasteiger partial charge on any atom is 0.471 e. The Hall–Kier alpha value is -1.92. The van der Waals surface area contributed by atoms with Gasteiger partial charge >= 0.3 is 12.1 Å². The summed E-state index contributed by atoms with van der Waals surface area (Å²) < 4.78 is 48.9. The Morgan fingerprint density at radius 2 is 2.06 bits per heavy atom. The van der Waals surface area contributed by atoms with Crippen LogP contribution in [0, 0.1) is 5.82 Å². The van der Waals surface area contributed by atoms with Crippen LogP contribution in [-0.4, -0.2) is 18.3 Å². The zero-order valence-electron chi connectivity index (χ0n) is 8.68. The first-order chi connectivity index (χ1) is 7.84. The molecule has 0 saturated carbocycles. The number of nitrogens with zero attached hydrogens (tertiary/aromatic N) is 1. The summed E-state index contributed by atoms with van der Waals surface area (Å²) in [5.41, 5.74) is -0.281. The fourth-order valence-electron chi connectivity index (χ4n) is 1.05. The molecule has 1 N–H and O–H groups in total. The van der Waals surface area contributed by atoms with Gasteiger partial charge in [-0.15, -0.1) is 0 Å². The van der Waals surface area contributed by atoms with Crippen molar-refractivity contribution in [2.24, 2.45) is 4.99 Å². The van der Waals surface area contributed by atoms with E-state index in [1.54, 1.807) is 5.32 Å². The molecule has 0 spiro atoms. The number of hydrogen-bond acceptors (Lipinski definition) is 2. The van der Waals surface area contributed by atoms with E-state index in [9.17, 15) is 22.4 Å². The molecule has 0 unspecified atom stereocenters. The van der Waals surface area contributed by atoms with Crippen molar-refractivity contribution in [1.29, 1.82) is 0 Å². The third kappa shape index (κ3) is 3.54. The van der Waals surface area contributed by atoms with Gasteiger partial charge in [0, 0.05) is 12.3 Å². The molecule has 0 bridgehead atoms. The summed E-state index contributed by atoms with van der Waals surface area (Å²) in [6.07, 6.45) is -3.72. The number of rotatable bonds is 2. The van der Waals surface area contributed by atoms with E-state index in [0.717, 1.165) is 18.2 Å². The fourth-order valence-corrected chi connectivity index (χ4v) is 1.05. The van der Waals surface area contributed by atoms with Gasteiger partial charge in [-0.05, 0) is 19.1 Å². The summed E-state index contributed by atoms with van der Waals surface area (Å²) in [6.45, 7) is 1.51. The number of nitrogens with one attached hydrogen (secondary N) is 1. The largest absolute Gasteiger partial charge is 0.471 e. The lowest BCUT2D eigenvalue weighted by atomic mass is 10.2. The summed E-state index contributed by atoms with van der Waals surface area (Å²) in [5.74, 6) is -2.78. The summed E-state index contributed by atoms with van der Waals surface area (Å²) >= 11 is 0. The predicted octanol–water partition coefficient (Wildman–Crippen LogP) is 3.05. The number of amides is 1. The Balaban J connectivity index is 3.02. The number of halogens is 4. The lowest BCUT2D eigenvalue weighted by Crippen LogP contribution is -2.29. The number of benzene rings is 1. The molecule has 0 radical (unpaired) electrons. The van der Waals surface area contributed by atoms with Gasteiger partial charge in [0.15, 0.2) is 0 Å². The Morgan fingerprint density at radius 3 is 2.59 bits per heavy atom. The Morgan fingerprint density at radius 1 is 1.41 bits per heavy atom. The SMILES string of the molecule is CC=Nc1cc(F)ccc1NC(=O)C(F)(F)F. The summed E-state index contributed by atoms with van der Waals surface area (Å²) in [5, 5.41) is 1.62. The summed E-state index contributed by atoms with van der Waals surface area (Å²) in [7, 11) is 0. The maximum absolute atomic E-state index is 12.8. The third-order valence-corrected chi connectivity index (χ3v) is 1.73. The molecule has 1 amide bonds. The van der Waals surface area contributed by atoms with Crippen molar-refractivity contribution in [3.05, 3.63) is 24.0 Å². The number of carbonyl (C=O) groups is 1. The smallest absolute Gasteiger partial charge is 0.316 e. The minimum absolute atomic E-state index is 0.0786. The molecule has 1 aromatic carbocycles. The first-order valence-corrected chi connectivity index (χ1v) is 4.51. The molecule has 92 valence electrons. The lowest BCUT2D eigenvalue weighted by Gasteiger charge is -2.09. The van der Waals surface area contributed by atoms with Crippen molar-refractivity contribution >= 4 is 23.5 Å². The number of carbonyl (C=O) groups excluding carboxylic acids is 1. The normalized spacial score (nSPS) is 11.8. The average Bonchev–Trinajstić information content (AvgIpc) is 2.21. The summed E-state index contributed by atoms with van der Waals surface area (Å²) in [6, 6.07) is 2.87. The highest BCUT2D eigenvalue weighted by Gasteiger charge is 2.38.